The summed E-state index contributed by atoms with van der Waals surface area (Å²) in [6, 6.07) is 16.6. The third-order valence-corrected chi connectivity index (χ3v) is 6.62. The van der Waals surface area contributed by atoms with Crippen molar-refractivity contribution in [3.8, 4) is 0 Å². The van der Waals surface area contributed by atoms with Gasteiger partial charge >= 0.3 is 0 Å². The number of nitrogens with one attached hydrogen (secondary N) is 1. The molecule has 0 aromatic heterocycles. The van der Waals surface area contributed by atoms with Crippen LogP contribution in [0.2, 0.25) is 0 Å². The fourth-order valence-corrected chi connectivity index (χ4v) is 4.32. The van der Waals surface area contributed by atoms with Crippen molar-refractivity contribution in [3.05, 3.63) is 54.1 Å². The standard InChI is InChI=1S/C23H31N3OS/c1-4-25-12-14-26(15-13-25)20-10-11-22(18(2)16-20)24-23(27)19(3)17-28-21-8-6-5-7-9-21/h5-11,16,19H,4,12-15,17H2,1-3H3,(H,24,27). The second kappa shape index (κ2) is 9.99. The number of likely N-dealkylation sites (N-methyl/N-ethyl adjacent to an activating group) is 1. The van der Waals surface area contributed by atoms with Crippen LogP contribution in [0.1, 0.15) is 19.4 Å². The molecule has 28 heavy (non-hydrogen) atoms. The fraction of sp³-hybridized carbons (Fsp3) is 0.435. The topological polar surface area (TPSA) is 35.6 Å². The van der Waals surface area contributed by atoms with Crippen LogP contribution in [0, 0.1) is 12.8 Å². The number of hydrogen-bond donors (Lipinski definition) is 1. The first kappa shape index (κ1) is 20.7. The van der Waals surface area contributed by atoms with Gasteiger partial charge < -0.3 is 15.1 Å². The number of anilines is 2. The Morgan fingerprint density at radius 2 is 1.82 bits per heavy atom. The van der Waals surface area contributed by atoms with Gasteiger partial charge in [0, 0.05) is 54.1 Å². The van der Waals surface area contributed by atoms with Crippen molar-refractivity contribution in [3.63, 3.8) is 0 Å². The molecule has 1 atom stereocenters. The molecular formula is C23H31N3OS. The summed E-state index contributed by atoms with van der Waals surface area (Å²) < 4.78 is 0. The highest BCUT2D eigenvalue weighted by Gasteiger charge is 2.18. The van der Waals surface area contributed by atoms with Crippen LogP contribution in [-0.2, 0) is 4.79 Å². The number of rotatable bonds is 7. The van der Waals surface area contributed by atoms with Crippen molar-refractivity contribution in [2.75, 3.05) is 48.7 Å². The van der Waals surface area contributed by atoms with Gasteiger partial charge in [0.15, 0.2) is 0 Å². The summed E-state index contributed by atoms with van der Waals surface area (Å²) in [7, 11) is 0. The molecule has 0 aliphatic carbocycles. The highest BCUT2D eigenvalue weighted by Crippen LogP contribution is 2.25. The minimum Gasteiger partial charge on any atom is -0.369 e. The monoisotopic (exact) mass is 397 g/mol. The normalized spacial score (nSPS) is 16.0. The van der Waals surface area contributed by atoms with Crippen LogP contribution in [0.3, 0.4) is 0 Å². The molecule has 1 aliphatic rings. The molecule has 1 unspecified atom stereocenters. The second-order valence-electron chi connectivity index (χ2n) is 7.43. The van der Waals surface area contributed by atoms with Crippen molar-refractivity contribution >= 4 is 29.0 Å². The van der Waals surface area contributed by atoms with Crippen LogP contribution in [0.5, 0.6) is 0 Å². The lowest BCUT2D eigenvalue weighted by Crippen LogP contribution is -2.46. The van der Waals surface area contributed by atoms with Crippen molar-refractivity contribution in [1.82, 2.24) is 4.90 Å². The van der Waals surface area contributed by atoms with E-state index in [0.29, 0.717) is 0 Å². The number of carbonyl (C=O) groups is 1. The molecule has 1 N–H and O–H groups in total. The van der Waals surface area contributed by atoms with Gasteiger partial charge in [0.1, 0.15) is 0 Å². The molecule has 2 aromatic rings. The molecule has 1 fully saturated rings. The fourth-order valence-electron chi connectivity index (χ4n) is 3.38. The minimum atomic E-state index is -0.0496. The van der Waals surface area contributed by atoms with E-state index in [4.69, 9.17) is 0 Å². The average Bonchev–Trinajstić information content (AvgIpc) is 2.74. The van der Waals surface area contributed by atoms with E-state index in [1.165, 1.54) is 10.6 Å². The number of nitrogens with zero attached hydrogens (tertiary/aromatic N) is 2. The number of amides is 1. The molecular weight excluding hydrogens is 366 g/mol. The molecule has 5 heteroatoms. The summed E-state index contributed by atoms with van der Waals surface area (Å²) in [6.07, 6.45) is 0. The SMILES string of the molecule is CCN1CCN(c2ccc(NC(=O)C(C)CSc3ccccc3)c(C)c2)CC1. The minimum absolute atomic E-state index is 0.0496. The van der Waals surface area contributed by atoms with Gasteiger partial charge in [-0.25, -0.2) is 0 Å². The lowest BCUT2D eigenvalue weighted by Gasteiger charge is -2.35. The Morgan fingerprint density at radius 3 is 2.46 bits per heavy atom. The Bertz CT molecular complexity index is 773. The van der Waals surface area contributed by atoms with E-state index in [1.54, 1.807) is 11.8 Å². The Labute approximate surface area is 173 Å². The largest absolute Gasteiger partial charge is 0.369 e. The summed E-state index contributed by atoms with van der Waals surface area (Å²) >= 11 is 1.72. The third kappa shape index (κ3) is 5.52. The summed E-state index contributed by atoms with van der Waals surface area (Å²) in [5, 5.41) is 3.11. The number of aryl methyl sites for hydroxylation is 1. The van der Waals surface area contributed by atoms with Crippen molar-refractivity contribution in [2.24, 2.45) is 5.92 Å². The molecule has 150 valence electrons. The Kier molecular flexibility index (Phi) is 7.40. The van der Waals surface area contributed by atoms with Gasteiger partial charge in [0.25, 0.3) is 0 Å². The van der Waals surface area contributed by atoms with Crippen LogP contribution >= 0.6 is 11.8 Å². The first-order chi connectivity index (χ1) is 13.6. The first-order valence-electron chi connectivity index (χ1n) is 10.1. The van der Waals surface area contributed by atoms with Crippen LogP contribution in [0.4, 0.5) is 11.4 Å². The van der Waals surface area contributed by atoms with E-state index in [2.05, 4.69) is 53.2 Å². The number of piperazine rings is 1. The Morgan fingerprint density at radius 1 is 1.11 bits per heavy atom. The second-order valence-corrected chi connectivity index (χ2v) is 8.53. The summed E-state index contributed by atoms with van der Waals surface area (Å²) in [6.45, 7) is 11.8. The molecule has 1 heterocycles. The number of carbonyl (C=O) groups excluding carboxylic acids is 1. The highest BCUT2D eigenvalue weighted by molar-refractivity contribution is 7.99. The number of thioether (sulfide) groups is 1. The molecule has 0 radical (unpaired) electrons. The molecule has 1 saturated heterocycles. The van der Waals surface area contributed by atoms with Crippen molar-refractivity contribution < 1.29 is 4.79 Å². The zero-order valence-electron chi connectivity index (χ0n) is 17.1. The van der Waals surface area contributed by atoms with Crippen molar-refractivity contribution in [1.29, 1.82) is 0 Å². The van der Waals surface area contributed by atoms with Crippen LogP contribution in [-0.4, -0.2) is 49.3 Å². The van der Waals surface area contributed by atoms with Gasteiger partial charge in [-0.15, -0.1) is 11.8 Å². The maximum Gasteiger partial charge on any atom is 0.228 e. The molecule has 0 bridgehead atoms. The predicted octanol–water partition coefficient (Wildman–Crippen LogP) is 4.50. The molecule has 2 aromatic carbocycles. The Hall–Kier alpha value is -1.98. The van der Waals surface area contributed by atoms with Gasteiger partial charge in [-0.2, -0.15) is 0 Å². The maximum atomic E-state index is 12.6. The van der Waals surface area contributed by atoms with Crippen molar-refractivity contribution in [2.45, 2.75) is 25.7 Å². The first-order valence-corrected chi connectivity index (χ1v) is 11.1. The zero-order valence-corrected chi connectivity index (χ0v) is 18.0. The zero-order chi connectivity index (χ0) is 19.9. The van der Waals surface area contributed by atoms with E-state index in [0.717, 1.165) is 49.7 Å². The van der Waals surface area contributed by atoms with Gasteiger partial charge in [-0.1, -0.05) is 32.0 Å². The third-order valence-electron chi connectivity index (χ3n) is 5.34. The number of benzene rings is 2. The lowest BCUT2D eigenvalue weighted by molar-refractivity contribution is -0.118. The average molecular weight is 398 g/mol. The van der Waals surface area contributed by atoms with E-state index in [-0.39, 0.29) is 11.8 Å². The van der Waals surface area contributed by atoms with Gasteiger partial charge in [0.05, 0.1) is 0 Å². The van der Waals surface area contributed by atoms with Gasteiger partial charge in [0.2, 0.25) is 5.91 Å². The summed E-state index contributed by atoms with van der Waals surface area (Å²) in [4.78, 5) is 18.7. The van der Waals surface area contributed by atoms with Crippen LogP contribution in [0.15, 0.2) is 53.4 Å². The summed E-state index contributed by atoms with van der Waals surface area (Å²) in [5.41, 5.74) is 3.28. The lowest BCUT2D eigenvalue weighted by atomic mass is 10.1. The van der Waals surface area contributed by atoms with Gasteiger partial charge in [-0.3, -0.25) is 4.79 Å². The predicted molar refractivity (Wildman–Crippen MR) is 120 cm³/mol. The molecule has 4 nitrogen and oxygen atoms in total. The molecule has 1 amide bonds. The smallest absolute Gasteiger partial charge is 0.228 e. The van der Waals surface area contributed by atoms with E-state index >= 15 is 0 Å². The maximum absolute atomic E-state index is 12.6. The quantitative estimate of drug-likeness (QED) is 0.698. The van der Waals surface area contributed by atoms with Crippen LogP contribution in [0.25, 0.3) is 0 Å². The molecule has 3 rings (SSSR count). The molecule has 1 aliphatic heterocycles. The van der Waals surface area contributed by atoms with Crippen LogP contribution < -0.4 is 10.2 Å². The van der Waals surface area contributed by atoms with E-state index < -0.39 is 0 Å². The number of hydrogen-bond acceptors (Lipinski definition) is 4. The van der Waals surface area contributed by atoms with Gasteiger partial charge in [-0.05, 0) is 49.4 Å². The molecule has 0 spiro atoms. The van der Waals surface area contributed by atoms with E-state index in [9.17, 15) is 4.79 Å². The molecule has 0 saturated carbocycles. The summed E-state index contributed by atoms with van der Waals surface area (Å²) in [5.74, 6) is 0.802. The highest BCUT2D eigenvalue weighted by atomic mass is 32.2. The Balaban J connectivity index is 1.54. The van der Waals surface area contributed by atoms with E-state index in [1.807, 2.05) is 31.2 Å².